The molecule has 2 atom stereocenters. The highest BCUT2D eigenvalue weighted by atomic mass is 16.5. The molecule has 1 aromatic rings. The van der Waals surface area contributed by atoms with Gasteiger partial charge in [0.05, 0.1) is 12.1 Å². The molecule has 0 unspecified atom stereocenters. The Labute approximate surface area is 225 Å². The van der Waals surface area contributed by atoms with Gasteiger partial charge in [-0.1, -0.05) is 12.1 Å². The molecule has 0 bridgehead atoms. The van der Waals surface area contributed by atoms with Gasteiger partial charge in [0.2, 0.25) is 0 Å². The third kappa shape index (κ3) is 6.10. The molecule has 1 aromatic carbocycles. The average molecular weight is 521 g/mol. The Morgan fingerprint density at radius 3 is 2.66 bits per heavy atom. The number of benzene rings is 1. The summed E-state index contributed by atoms with van der Waals surface area (Å²) in [6.07, 6.45) is 8.42. The smallest absolute Gasteiger partial charge is 0.251 e. The van der Waals surface area contributed by atoms with Crippen LogP contribution < -0.4 is 16.0 Å². The third-order valence-corrected chi connectivity index (χ3v) is 7.94. The van der Waals surface area contributed by atoms with E-state index in [0.29, 0.717) is 29.9 Å². The van der Waals surface area contributed by atoms with Crippen LogP contribution in [-0.4, -0.2) is 66.5 Å². The molecule has 4 aliphatic rings. The van der Waals surface area contributed by atoms with Crippen molar-refractivity contribution in [2.24, 2.45) is 16.0 Å². The molecule has 2 saturated carbocycles. The number of nitrogens with one attached hydrogen (secondary N) is 3. The first kappa shape index (κ1) is 26.4. The Bertz CT molecular complexity index is 1150. The molecule has 1 amide bonds. The van der Waals surface area contributed by atoms with Crippen LogP contribution in [0.25, 0.3) is 5.57 Å². The summed E-state index contributed by atoms with van der Waals surface area (Å²) < 4.78 is 5.51. The van der Waals surface area contributed by atoms with Crippen molar-refractivity contribution in [3.05, 3.63) is 52.6 Å². The number of carbonyl (C=O) groups is 1. The average Bonchev–Trinajstić information content (AvgIpc) is 3.66. The quantitative estimate of drug-likeness (QED) is 0.392. The van der Waals surface area contributed by atoms with Gasteiger partial charge in [-0.3, -0.25) is 9.79 Å². The summed E-state index contributed by atoms with van der Waals surface area (Å²) in [7, 11) is 0. The number of hydrogen-bond donors (Lipinski definition) is 4. The molecular weight excluding hydrogens is 480 g/mol. The lowest BCUT2D eigenvalue weighted by molar-refractivity contribution is 0.0689. The summed E-state index contributed by atoms with van der Waals surface area (Å²) in [6, 6.07) is 6.22. The lowest BCUT2D eigenvalue weighted by Crippen LogP contribution is -2.46. The van der Waals surface area contributed by atoms with Gasteiger partial charge in [0.15, 0.2) is 5.84 Å². The van der Waals surface area contributed by atoms with Crippen LogP contribution in [0.15, 0.2) is 46.0 Å². The molecule has 2 heterocycles. The normalized spacial score (nSPS) is 26.6. The first-order valence-electron chi connectivity index (χ1n) is 13.9. The number of carbonyl (C=O) groups excluding carboxylic acids is 1. The van der Waals surface area contributed by atoms with Gasteiger partial charge >= 0.3 is 0 Å². The number of hydrazone groups is 1. The van der Waals surface area contributed by atoms with E-state index in [1.807, 2.05) is 38.1 Å². The standard InChI is InChI=1S/C29H40N6O3/c1-18-15-21(7-10-23(18)29(37)32-22-8-9-22)19(2)28-34-26(33-24-5-4-6-25(24)36)16-27(35(28)30-3)31-17-20-11-13-38-14-12-20/h7,10,15-16,20,22,24-25,33-34,36H,3-6,8-9,11-14,17H2,1-2H3,(H,32,37)/b28-19+,31-27?/t24-,25-/m0/s1. The second kappa shape index (κ2) is 11.7. The van der Waals surface area contributed by atoms with Crippen LogP contribution in [0, 0.1) is 12.8 Å². The lowest BCUT2D eigenvalue weighted by atomic mass is 9.99. The Kier molecular flexibility index (Phi) is 8.14. The first-order valence-corrected chi connectivity index (χ1v) is 13.9. The van der Waals surface area contributed by atoms with Crippen molar-refractivity contribution in [1.29, 1.82) is 0 Å². The Balaban J connectivity index is 1.44. The highest BCUT2D eigenvalue weighted by Crippen LogP contribution is 2.28. The number of aliphatic hydroxyl groups is 1. The number of ether oxygens (including phenoxy) is 1. The van der Waals surface area contributed by atoms with Crippen LogP contribution in [0.2, 0.25) is 0 Å². The van der Waals surface area contributed by atoms with Gasteiger partial charge in [-0.25, -0.2) is 0 Å². The molecule has 4 N–H and O–H groups in total. The molecule has 2 aliphatic heterocycles. The SMILES string of the molecule is C=NN1C(=NCC2CCOCC2)C=C(N[C@H]2CCC[C@@H]2O)N/C1=C(/C)c1ccc(C(=O)NC2CC2)c(C)c1. The topological polar surface area (TPSA) is 111 Å². The number of nitrogens with zero attached hydrogens (tertiary/aromatic N) is 3. The molecule has 38 heavy (non-hydrogen) atoms. The maximum Gasteiger partial charge on any atom is 0.251 e. The molecule has 5 rings (SSSR count). The number of amides is 1. The van der Waals surface area contributed by atoms with E-state index in [2.05, 4.69) is 27.8 Å². The molecule has 1 saturated heterocycles. The number of aryl methyl sites for hydroxylation is 1. The number of rotatable bonds is 8. The largest absolute Gasteiger partial charge is 0.391 e. The summed E-state index contributed by atoms with van der Waals surface area (Å²) in [5.74, 6) is 2.70. The van der Waals surface area contributed by atoms with E-state index in [1.54, 1.807) is 5.01 Å². The van der Waals surface area contributed by atoms with E-state index in [4.69, 9.17) is 9.73 Å². The van der Waals surface area contributed by atoms with Gasteiger partial charge in [-0.2, -0.15) is 10.1 Å². The minimum atomic E-state index is -0.374. The first-order chi connectivity index (χ1) is 18.4. The van der Waals surface area contributed by atoms with Gasteiger partial charge in [0.1, 0.15) is 11.6 Å². The van der Waals surface area contributed by atoms with E-state index in [9.17, 15) is 9.90 Å². The van der Waals surface area contributed by atoms with Crippen molar-refractivity contribution < 1.29 is 14.6 Å². The maximum absolute atomic E-state index is 12.7. The molecule has 0 radical (unpaired) electrons. The van der Waals surface area contributed by atoms with E-state index in [-0.39, 0.29) is 18.1 Å². The van der Waals surface area contributed by atoms with Gasteiger partial charge in [-0.05, 0) is 87.5 Å². The second-order valence-electron chi connectivity index (χ2n) is 10.9. The van der Waals surface area contributed by atoms with E-state index < -0.39 is 0 Å². The fourth-order valence-corrected chi connectivity index (χ4v) is 5.35. The molecule has 2 aliphatic carbocycles. The number of amidine groups is 1. The predicted octanol–water partition coefficient (Wildman–Crippen LogP) is 3.27. The van der Waals surface area contributed by atoms with Crippen molar-refractivity contribution in [1.82, 2.24) is 21.0 Å². The fraction of sp³-hybridized carbons (Fsp3) is 0.552. The Hall–Kier alpha value is -3.17. The van der Waals surface area contributed by atoms with Gasteiger partial charge in [-0.15, -0.1) is 0 Å². The van der Waals surface area contributed by atoms with Crippen LogP contribution in [-0.2, 0) is 4.74 Å². The summed E-state index contributed by atoms with van der Waals surface area (Å²) in [5.41, 5.74) is 3.55. The van der Waals surface area contributed by atoms with Crippen molar-refractivity contribution >= 4 is 24.0 Å². The molecule has 3 fully saturated rings. The van der Waals surface area contributed by atoms with Crippen LogP contribution in [0.5, 0.6) is 0 Å². The van der Waals surface area contributed by atoms with E-state index >= 15 is 0 Å². The summed E-state index contributed by atoms with van der Waals surface area (Å²) in [4.78, 5) is 17.6. The van der Waals surface area contributed by atoms with Gasteiger partial charge in [0.25, 0.3) is 5.91 Å². The minimum absolute atomic E-state index is 0.0122. The van der Waals surface area contributed by atoms with Crippen LogP contribution in [0.4, 0.5) is 0 Å². The van der Waals surface area contributed by atoms with Crippen molar-refractivity contribution in [3.63, 3.8) is 0 Å². The minimum Gasteiger partial charge on any atom is -0.391 e. The highest BCUT2D eigenvalue weighted by molar-refractivity contribution is 5.98. The van der Waals surface area contributed by atoms with Crippen LogP contribution in [0.3, 0.4) is 0 Å². The third-order valence-electron chi connectivity index (χ3n) is 7.94. The number of aliphatic hydroxyl groups excluding tert-OH is 1. The summed E-state index contributed by atoms with van der Waals surface area (Å²) in [5, 5.41) is 26.6. The zero-order chi connectivity index (χ0) is 26.6. The highest BCUT2D eigenvalue weighted by Gasteiger charge is 2.30. The second-order valence-corrected chi connectivity index (χ2v) is 10.9. The zero-order valence-corrected chi connectivity index (χ0v) is 22.5. The predicted molar refractivity (Wildman–Crippen MR) is 149 cm³/mol. The van der Waals surface area contributed by atoms with Crippen molar-refractivity contribution in [2.45, 2.75) is 77.0 Å². The molecule has 0 aromatic heterocycles. The number of allylic oxidation sites excluding steroid dienone is 1. The fourth-order valence-electron chi connectivity index (χ4n) is 5.35. The summed E-state index contributed by atoms with van der Waals surface area (Å²) in [6.45, 7) is 10.1. The molecule has 204 valence electrons. The van der Waals surface area contributed by atoms with Crippen LogP contribution in [0.1, 0.15) is 73.4 Å². The molecular formula is C29H40N6O3. The Morgan fingerprint density at radius 1 is 1.21 bits per heavy atom. The molecule has 9 heteroatoms. The van der Waals surface area contributed by atoms with Gasteiger partial charge < -0.3 is 25.8 Å². The lowest BCUT2D eigenvalue weighted by Gasteiger charge is -2.33. The van der Waals surface area contributed by atoms with Crippen molar-refractivity contribution in [2.75, 3.05) is 19.8 Å². The monoisotopic (exact) mass is 520 g/mol. The van der Waals surface area contributed by atoms with Crippen molar-refractivity contribution in [3.8, 4) is 0 Å². The molecule has 9 nitrogen and oxygen atoms in total. The summed E-state index contributed by atoms with van der Waals surface area (Å²) >= 11 is 0. The van der Waals surface area contributed by atoms with E-state index in [0.717, 1.165) is 86.5 Å². The van der Waals surface area contributed by atoms with E-state index in [1.165, 1.54) is 0 Å². The number of aliphatic imine (C=N–C) groups is 1. The van der Waals surface area contributed by atoms with Gasteiger partial charge in [0, 0.05) is 44.2 Å². The number of hydrogen-bond acceptors (Lipinski definition) is 7. The maximum atomic E-state index is 12.7. The molecule has 0 spiro atoms. The zero-order valence-electron chi connectivity index (χ0n) is 22.5. The Morgan fingerprint density at radius 2 is 2.00 bits per heavy atom. The van der Waals surface area contributed by atoms with Crippen LogP contribution >= 0.6 is 0 Å².